The zero-order valence-corrected chi connectivity index (χ0v) is 6.93. The van der Waals surface area contributed by atoms with E-state index in [-0.39, 0.29) is 11.4 Å². The molecule has 4 nitrogen and oxygen atoms in total. The molecule has 4 heteroatoms. The molecule has 0 bridgehead atoms. The maximum absolute atomic E-state index is 10.4. The van der Waals surface area contributed by atoms with Crippen LogP contribution in [0.15, 0.2) is 41.2 Å². The van der Waals surface area contributed by atoms with Crippen LogP contribution in [0.3, 0.4) is 0 Å². The summed E-state index contributed by atoms with van der Waals surface area (Å²) in [5.41, 5.74) is 0.855. The molecule has 0 fully saturated rings. The molecule has 1 rings (SSSR count). The van der Waals surface area contributed by atoms with Gasteiger partial charge in [0.15, 0.2) is 0 Å². The van der Waals surface area contributed by atoms with Crippen molar-refractivity contribution in [1.82, 2.24) is 0 Å². The third-order valence-corrected chi connectivity index (χ3v) is 1.65. The van der Waals surface area contributed by atoms with Crippen LogP contribution in [0.2, 0.25) is 0 Å². The van der Waals surface area contributed by atoms with Gasteiger partial charge in [0.2, 0.25) is 0 Å². The van der Waals surface area contributed by atoms with Gasteiger partial charge in [-0.25, -0.2) is 0 Å². The Balaban J connectivity index is 3.25. The fraction of sp³-hybridized carbons (Fsp3) is 0.111. The van der Waals surface area contributed by atoms with E-state index >= 15 is 0 Å². The van der Waals surface area contributed by atoms with Crippen LogP contribution in [0.25, 0.3) is 0 Å². The summed E-state index contributed by atoms with van der Waals surface area (Å²) in [4.78, 5) is 20.7. The largest absolute Gasteiger partial charge is 0.145 e. The molecule has 1 aromatic carbocycles. The van der Waals surface area contributed by atoms with Crippen LogP contribution in [0.5, 0.6) is 0 Å². The molecule has 0 aliphatic rings. The quantitative estimate of drug-likeness (QED) is 0.522. The summed E-state index contributed by atoms with van der Waals surface area (Å²) >= 11 is 0. The first kappa shape index (κ1) is 9.25. The average molecular weight is 176 g/mol. The number of nitrogens with zero attached hydrogens (tertiary/aromatic N) is 2. The summed E-state index contributed by atoms with van der Waals surface area (Å²) in [6, 6.07) is 4.83. The lowest BCUT2D eigenvalue weighted by molar-refractivity contribution is 1.24. The minimum atomic E-state index is 0.0781. The van der Waals surface area contributed by atoms with Gasteiger partial charge in [-0.15, -0.1) is 16.4 Å². The first-order valence-electron chi connectivity index (χ1n) is 3.73. The van der Waals surface area contributed by atoms with E-state index in [1.807, 2.05) is 0 Å². The van der Waals surface area contributed by atoms with Crippen LogP contribution in [-0.2, 0) is 6.42 Å². The van der Waals surface area contributed by atoms with Gasteiger partial charge in [0.1, 0.15) is 11.4 Å². The van der Waals surface area contributed by atoms with Crippen LogP contribution in [0.4, 0.5) is 11.4 Å². The molecule has 0 aromatic heterocycles. The number of rotatable bonds is 4. The highest BCUT2D eigenvalue weighted by Crippen LogP contribution is 2.31. The molecule has 0 aliphatic heterocycles. The van der Waals surface area contributed by atoms with E-state index in [0.717, 1.165) is 0 Å². The second kappa shape index (κ2) is 4.25. The van der Waals surface area contributed by atoms with Crippen molar-refractivity contribution in [1.29, 1.82) is 0 Å². The Hall–Kier alpha value is -1.84. The predicted octanol–water partition coefficient (Wildman–Crippen LogP) is 3.21. The van der Waals surface area contributed by atoms with Crippen molar-refractivity contribution < 1.29 is 0 Å². The van der Waals surface area contributed by atoms with E-state index in [9.17, 15) is 9.81 Å². The van der Waals surface area contributed by atoms with Crippen molar-refractivity contribution in [2.24, 2.45) is 10.4 Å². The number of allylic oxidation sites excluding steroid dienone is 1. The van der Waals surface area contributed by atoms with Gasteiger partial charge in [0.05, 0.1) is 0 Å². The van der Waals surface area contributed by atoms with Crippen molar-refractivity contribution >= 4 is 11.4 Å². The maximum Gasteiger partial charge on any atom is 0.140 e. The fourth-order valence-electron chi connectivity index (χ4n) is 1.08. The summed E-state index contributed by atoms with van der Waals surface area (Å²) in [6.07, 6.45) is 2.14. The van der Waals surface area contributed by atoms with E-state index in [1.54, 1.807) is 18.2 Å². The number of hydrogen-bond donors (Lipinski definition) is 0. The molecule has 1 aromatic rings. The molecule has 0 unspecified atom stereocenters. The lowest BCUT2D eigenvalue weighted by Crippen LogP contribution is -1.81. The second-order valence-electron chi connectivity index (χ2n) is 2.46. The van der Waals surface area contributed by atoms with Gasteiger partial charge in [-0.05, 0) is 28.4 Å². The van der Waals surface area contributed by atoms with Crippen LogP contribution < -0.4 is 0 Å². The van der Waals surface area contributed by atoms with Gasteiger partial charge in [0.25, 0.3) is 0 Å². The third-order valence-electron chi connectivity index (χ3n) is 1.65. The first-order valence-corrected chi connectivity index (χ1v) is 3.73. The minimum absolute atomic E-state index is 0.0781. The molecule has 0 saturated carbocycles. The van der Waals surface area contributed by atoms with Crippen LogP contribution >= 0.6 is 0 Å². The standard InChI is InChI=1S/C9H8N2O2/c1-2-4-7-5-3-6-8(10-12)9(7)11-13/h2-3,5-6H,1,4H2. The van der Waals surface area contributed by atoms with E-state index in [1.165, 1.54) is 6.07 Å². The van der Waals surface area contributed by atoms with Gasteiger partial charge in [0, 0.05) is 0 Å². The molecule has 0 N–H and O–H groups in total. The summed E-state index contributed by atoms with van der Waals surface area (Å²) in [5.74, 6) is 0. The monoisotopic (exact) mass is 176 g/mol. The molecule has 0 saturated heterocycles. The smallest absolute Gasteiger partial charge is 0.140 e. The van der Waals surface area contributed by atoms with Gasteiger partial charge < -0.3 is 0 Å². The first-order chi connectivity index (χ1) is 6.33. The molecule has 0 aliphatic carbocycles. The minimum Gasteiger partial charge on any atom is -0.145 e. The Morgan fingerprint density at radius 3 is 2.62 bits per heavy atom. The van der Waals surface area contributed by atoms with Crippen molar-refractivity contribution in [2.75, 3.05) is 0 Å². The highest BCUT2D eigenvalue weighted by atomic mass is 16.3. The molecule has 0 radical (unpaired) electrons. The van der Waals surface area contributed by atoms with E-state index in [2.05, 4.69) is 16.9 Å². The lowest BCUT2D eigenvalue weighted by atomic mass is 10.1. The number of benzene rings is 1. The SMILES string of the molecule is C=CCc1cccc(N=O)c1N=O. The highest BCUT2D eigenvalue weighted by Gasteiger charge is 2.07. The van der Waals surface area contributed by atoms with Gasteiger partial charge >= 0.3 is 0 Å². The number of hydrogen-bond acceptors (Lipinski definition) is 4. The highest BCUT2D eigenvalue weighted by molar-refractivity contribution is 5.66. The van der Waals surface area contributed by atoms with E-state index < -0.39 is 0 Å². The fourth-order valence-corrected chi connectivity index (χ4v) is 1.08. The van der Waals surface area contributed by atoms with Crippen LogP contribution in [-0.4, -0.2) is 0 Å². The molecular weight excluding hydrogens is 168 g/mol. The van der Waals surface area contributed by atoms with Crippen molar-refractivity contribution in [3.8, 4) is 0 Å². The molecule has 66 valence electrons. The Morgan fingerprint density at radius 1 is 1.31 bits per heavy atom. The van der Waals surface area contributed by atoms with Crippen molar-refractivity contribution in [3.63, 3.8) is 0 Å². The Morgan fingerprint density at radius 2 is 2.08 bits per heavy atom. The predicted molar refractivity (Wildman–Crippen MR) is 51.3 cm³/mol. The zero-order valence-electron chi connectivity index (χ0n) is 6.93. The summed E-state index contributed by atoms with van der Waals surface area (Å²) < 4.78 is 0. The van der Waals surface area contributed by atoms with Crippen molar-refractivity contribution in [2.45, 2.75) is 6.42 Å². The van der Waals surface area contributed by atoms with Crippen LogP contribution in [0.1, 0.15) is 5.56 Å². The van der Waals surface area contributed by atoms with Crippen molar-refractivity contribution in [3.05, 3.63) is 46.2 Å². The average Bonchev–Trinajstić information content (AvgIpc) is 2.18. The van der Waals surface area contributed by atoms with Gasteiger partial charge in [-0.2, -0.15) is 0 Å². The van der Waals surface area contributed by atoms with Gasteiger partial charge in [-0.1, -0.05) is 18.2 Å². The normalized spacial score (nSPS) is 9.23. The molecular formula is C9H8N2O2. The van der Waals surface area contributed by atoms with E-state index in [0.29, 0.717) is 12.0 Å². The Bertz CT molecular complexity index is 347. The number of nitroso groups, excluding NO2 is 2. The second-order valence-corrected chi connectivity index (χ2v) is 2.46. The van der Waals surface area contributed by atoms with Gasteiger partial charge in [-0.3, -0.25) is 0 Å². The third kappa shape index (κ3) is 1.84. The lowest BCUT2D eigenvalue weighted by Gasteiger charge is -2.00. The summed E-state index contributed by atoms with van der Waals surface area (Å²) in [5, 5.41) is 5.47. The molecule has 0 atom stereocenters. The molecule has 13 heavy (non-hydrogen) atoms. The molecule has 0 heterocycles. The van der Waals surface area contributed by atoms with E-state index in [4.69, 9.17) is 0 Å². The topological polar surface area (TPSA) is 58.9 Å². The van der Waals surface area contributed by atoms with Crippen LogP contribution in [0, 0.1) is 9.81 Å². The Kier molecular flexibility index (Phi) is 3.03. The Labute approximate surface area is 75.2 Å². The molecule has 0 amide bonds. The maximum atomic E-state index is 10.4. The summed E-state index contributed by atoms with van der Waals surface area (Å²) in [7, 11) is 0. The molecule has 0 spiro atoms. The summed E-state index contributed by atoms with van der Waals surface area (Å²) in [6.45, 7) is 3.53. The zero-order chi connectivity index (χ0) is 9.68.